The maximum atomic E-state index is 5.82. The van der Waals surface area contributed by atoms with Crippen molar-refractivity contribution >= 4 is 17.3 Å². The van der Waals surface area contributed by atoms with Gasteiger partial charge in [-0.2, -0.15) is 0 Å². The Bertz CT molecular complexity index is 546. The third kappa shape index (κ3) is 3.05. The Morgan fingerprint density at radius 3 is 2.83 bits per heavy atom. The second-order valence-corrected chi connectivity index (χ2v) is 4.14. The van der Waals surface area contributed by atoms with Crippen LogP contribution in [0.4, 0.5) is 5.69 Å². The van der Waals surface area contributed by atoms with Crippen molar-refractivity contribution in [2.75, 3.05) is 12.8 Å². The zero-order chi connectivity index (χ0) is 13.0. The first-order valence-electron chi connectivity index (χ1n) is 5.35. The van der Waals surface area contributed by atoms with Crippen LogP contribution in [0.3, 0.4) is 0 Å². The molecule has 0 spiro atoms. The normalized spacial score (nSPS) is 10.1. The molecule has 0 saturated carbocycles. The summed E-state index contributed by atoms with van der Waals surface area (Å²) in [6.45, 7) is 0.343. The molecule has 0 radical (unpaired) electrons. The molecule has 0 fully saturated rings. The molecule has 0 aliphatic heterocycles. The van der Waals surface area contributed by atoms with Crippen LogP contribution >= 0.6 is 11.6 Å². The minimum absolute atomic E-state index is 0.343. The lowest BCUT2D eigenvalue weighted by molar-refractivity contribution is 0.295. The van der Waals surface area contributed by atoms with Gasteiger partial charge < -0.3 is 15.2 Å². The number of rotatable bonds is 4. The van der Waals surface area contributed by atoms with E-state index in [0.717, 1.165) is 11.3 Å². The van der Waals surface area contributed by atoms with Crippen LogP contribution in [-0.2, 0) is 6.61 Å². The Morgan fingerprint density at radius 1 is 1.28 bits per heavy atom. The van der Waals surface area contributed by atoms with Crippen LogP contribution in [0, 0.1) is 0 Å². The molecule has 2 N–H and O–H groups in total. The molecule has 1 aromatic heterocycles. The standard InChI is InChI=1S/C13H13ClN2O2/c1-17-13-3-2-11(15)4-9(13)8-18-12-5-10(14)6-16-7-12/h2-7H,8,15H2,1H3. The monoisotopic (exact) mass is 264 g/mol. The van der Waals surface area contributed by atoms with E-state index in [1.54, 1.807) is 31.6 Å². The molecule has 2 rings (SSSR count). The third-order valence-electron chi connectivity index (χ3n) is 2.38. The molecular weight excluding hydrogens is 252 g/mol. The molecule has 18 heavy (non-hydrogen) atoms. The molecule has 1 heterocycles. The van der Waals surface area contributed by atoms with Gasteiger partial charge in [0.2, 0.25) is 0 Å². The van der Waals surface area contributed by atoms with E-state index in [2.05, 4.69) is 4.98 Å². The van der Waals surface area contributed by atoms with Gasteiger partial charge in [-0.3, -0.25) is 4.98 Å². The smallest absolute Gasteiger partial charge is 0.139 e. The van der Waals surface area contributed by atoms with Gasteiger partial charge in [0, 0.05) is 23.5 Å². The molecule has 0 unspecified atom stereocenters. The Hall–Kier alpha value is -1.94. The highest BCUT2D eigenvalue weighted by molar-refractivity contribution is 6.30. The average molecular weight is 265 g/mol. The number of nitrogens with zero attached hydrogens (tertiary/aromatic N) is 1. The summed E-state index contributed by atoms with van der Waals surface area (Å²) in [7, 11) is 1.61. The van der Waals surface area contributed by atoms with Crippen molar-refractivity contribution in [2.24, 2.45) is 0 Å². The van der Waals surface area contributed by atoms with Crippen LogP contribution in [0.5, 0.6) is 11.5 Å². The number of halogens is 1. The van der Waals surface area contributed by atoms with Crippen LogP contribution in [-0.4, -0.2) is 12.1 Å². The van der Waals surface area contributed by atoms with E-state index in [1.165, 1.54) is 0 Å². The van der Waals surface area contributed by atoms with E-state index < -0.39 is 0 Å². The zero-order valence-corrected chi connectivity index (χ0v) is 10.6. The zero-order valence-electron chi connectivity index (χ0n) is 9.89. The first kappa shape index (κ1) is 12.5. The lowest BCUT2D eigenvalue weighted by atomic mass is 10.2. The maximum absolute atomic E-state index is 5.82. The number of aromatic nitrogens is 1. The fraction of sp³-hybridized carbons (Fsp3) is 0.154. The van der Waals surface area contributed by atoms with E-state index in [9.17, 15) is 0 Å². The number of ether oxygens (including phenoxy) is 2. The summed E-state index contributed by atoms with van der Waals surface area (Å²) in [6, 6.07) is 7.11. The predicted octanol–water partition coefficient (Wildman–Crippen LogP) is 2.90. The summed E-state index contributed by atoms with van der Waals surface area (Å²) in [4.78, 5) is 3.94. The minimum Gasteiger partial charge on any atom is -0.496 e. The maximum Gasteiger partial charge on any atom is 0.139 e. The number of pyridine rings is 1. The van der Waals surface area contributed by atoms with Crippen molar-refractivity contribution in [1.82, 2.24) is 4.98 Å². The second kappa shape index (κ2) is 5.60. The van der Waals surface area contributed by atoms with Crippen LogP contribution in [0.25, 0.3) is 0 Å². The van der Waals surface area contributed by atoms with Gasteiger partial charge in [0.1, 0.15) is 18.1 Å². The molecule has 0 saturated heterocycles. The number of methoxy groups -OCH3 is 1. The van der Waals surface area contributed by atoms with Gasteiger partial charge in [-0.25, -0.2) is 0 Å². The highest BCUT2D eigenvalue weighted by atomic mass is 35.5. The number of hydrogen-bond donors (Lipinski definition) is 1. The molecule has 5 heteroatoms. The lowest BCUT2D eigenvalue weighted by Gasteiger charge is -2.10. The molecule has 0 aliphatic carbocycles. The Labute approximate surface area is 110 Å². The molecule has 94 valence electrons. The highest BCUT2D eigenvalue weighted by Gasteiger charge is 2.05. The fourth-order valence-electron chi connectivity index (χ4n) is 1.54. The minimum atomic E-state index is 0.343. The molecule has 0 amide bonds. The van der Waals surface area contributed by atoms with E-state index in [4.69, 9.17) is 26.8 Å². The summed E-state index contributed by atoms with van der Waals surface area (Å²) in [5.74, 6) is 1.34. The molecule has 2 aromatic rings. The number of hydrogen-bond acceptors (Lipinski definition) is 4. The number of benzene rings is 1. The molecule has 0 aliphatic rings. The van der Waals surface area contributed by atoms with Gasteiger partial charge in [-0.05, 0) is 18.2 Å². The Balaban J connectivity index is 2.12. The quantitative estimate of drug-likeness (QED) is 0.863. The fourth-order valence-corrected chi connectivity index (χ4v) is 1.71. The Kier molecular flexibility index (Phi) is 3.89. The number of anilines is 1. The van der Waals surface area contributed by atoms with Crippen molar-refractivity contribution in [1.29, 1.82) is 0 Å². The number of nitrogens with two attached hydrogens (primary N) is 1. The van der Waals surface area contributed by atoms with E-state index >= 15 is 0 Å². The van der Waals surface area contributed by atoms with Crippen LogP contribution in [0.1, 0.15) is 5.56 Å². The van der Waals surface area contributed by atoms with Gasteiger partial charge in [-0.15, -0.1) is 0 Å². The van der Waals surface area contributed by atoms with Crippen molar-refractivity contribution in [3.8, 4) is 11.5 Å². The van der Waals surface area contributed by atoms with Gasteiger partial charge in [0.25, 0.3) is 0 Å². The summed E-state index contributed by atoms with van der Waals surface area (Å²) >= 11 is 5.82. The van der Waals surface area contributed by atoms with Gasteiger partial charge in [-0.1, -0.05) is 11.6 Å². The summed E-state index contributed by atoms with van der Waals surface area (Å²) in [6.07, 6.45) is 3.15. The van der Waals surface area contributed by atoms with E-state index in [-0.39, 0.29) is 0 Å². The lowest BCUT2D eigenvalue weighted by Crippen LogP contribution is -2.00. The summed E-state index contributed by atoms with van der Waals surface area (Å²) in [5.41, 5.74) is 7.27. The van der Waals surface area contributed by atoms with Gasteiger partial charge >= 0.3 is 0 Å². The van der Waals surface area contributed by atoms with Crippen LogP contribution < -0.4 is 15.2 Å². The average Bonchev–Trinajstić information content (AvgIpc) is 2.37. The largest absolute Gasteiger partial charge is 0.496 e. The summed E-state index contributed by atoms with van der Waals surface area (Å²) < 4.78 is 10.8. The summed E-state index contributed by atoms with van der Waals surface area (Å²) in [5, 5.41) is 0.534. The molecule has 4 nitrogen and oxygen atoms in total. The first-order chi connectivity index (χ1) is 8.69. The predicted molar refractivity (Wildman–Crippen MR) is 71.0 cm³/mol. The first-order valence-corrected chi connectivity index (χ1v) is 5.72. The molecule has 0 bridgehead atoms. The second-order valence-electron chi connectivity index (χ2n) is 3.70. The van der Waals surface area contributed by atoms with Crippen molar-refractivity contribution in [3.05, 3.63) is 47.2 Å². The van der Waals surface area contributed by atoms with Crippen molar-refractivity contribution in [3.63, 3.8) is 0 Å². The SMILES string of the molecule is COc1ccc(N)cc1COc1cncc(Cl)c1. The van der Waals surface area contributed by atoms with Crippen LogP contribution in [0.2, 0.25) is 5.02 Å². The molecule has 0 atom stereocenters. The third-order valence-corrected chi connectivity index (χ3v) is 2.59. The van der Waals surface area contributed by atoms with Crippen molar-refractivity contribution in [2.45, 2.75) is 6.61 Å². The molecule has 1 aromatic carbocycles. The van der Waals surface area contributed by atoms with E-state index in [0.29, 0.717) is 23.1 Å². The van der Waals surface area contributed by atoms with E-state index in [1.807, 2.05) is 12.1 Å². The van der Waals surface area contributed by atoms with Crippen LogP contribution in [0.15, 0.2) is 36.7 Å². The highest BCUT2D eigenvalue weighted by Crippen LogP contribution is 2.23. The van der Waals surface area contributed by atoms with Crippen molar-refractivity contribution < 1.29 is 9.47 Å². The molecular formula is C13H13ClN2O2. The number of nitrogen functional groups attached to an aromatic ring is 1. The topological polar surface area (TPSA) is 57.4 Å². The Morgan fingerprint density at radius 2 is 2.11 bits per heavy atom. The van der Waals surface area contributed by atoms with Gasteiger partial charge in [0.15, 0.2) is 0 Å². The van der Waals surface area contributed by atoms with Gasteiger partial charge in [0.05, 0.1) is 18.3 Å².